The Morgan fingerprint density at radius 3 is 2.14 bits per heavy atom. The third kappa shape index (κ3) is 3.88. The van der Waals surface area contributed by atoms with E-state index in [2.05, 4.69) is 35.9 Å². The molecule has 4 heteroatoms. The van der Waals surface area contributed by atoms with Crippen LogP contribution >= 0.6 is 0 Å². The van der Waals surface area contributed by atoms with Crippen LogP contribution in [0.15, 0.2) is 36.4 Å². The van der Waals surface area contributed by atoms with Gasteiger partial charge in [-0.15, -0.1) is 0 Å². The van der Waals surface area contributed by atoms with Crippen molar-refractivity contribution in [3.8, 4) is 0 Å². The van der Waals surface area contributed by atoms with Crippen LogP contribution < -0.4 is 10.2 Å². The molecule has 0 aliphatic heterocycles. The standard InChI is InChI=1S/C17H23N3O/c1-13-5-6-14(2)20(13)12-11-17(21)18-15-7-9-16(10-8-15)19(3)4/h5-10H,11-12H2,1-4H3,(H,18,21). The number of anilines is 2. The largest absolute Gasteiger partial charge is 0.378 e. The van der Waals surface area contributed by atoms with E-state index in [-0.39, 0.29) is 5.91 Å². The monoisotopic (exact) mass is 285 g/mol. The van der Waals surface area contributed by atoms with Crippen molar-refractivity contribution in [2.24, 2.45) is 0 Å². The molecule has 21 heavy (non-hydrogen) atoms. The minimum Gasteiger partial charge on any atom is -0.378 e. The quantitative estimate of drug-likeness (QED) is 0.916. The van der Waals surface area contributed by atoms with Crippen molar-refractivity contribution in [2.75, 3.05) is 24.3 Å². The van der Waals surface area contributed by atoms with Crippen LogP contribution in [0.1, 0.15) is 17.8 Å². The molecule has 0 saturated carbocycles. The Morgan fingerprint density at radius 2 is 1.62 bits per heavy atom. The summed E-state index contributed by atoms with van der Waals surface area (Å²) in [7, 11) is 3.99. The number of amides is 1. The molecule has 0 aliphatic rings. The second-order valence-electron chi connectivity index (χ2n) is 5.51. The molecule has 0 unspecified atom stereocenters. The summed E-state index contributed by atoms with van der Waals surface area (Å²) in [6.45, 7) is 4.84. The summed E-state index contributed by atoms with van der Waals surface area (Å²) in [5.41, 5.74) is 4.34. The number of rotatable bonds is 5. The molecule has 2 rings (SSSR count). The van der Waals surface area contributed by atoms with Crippen molar-refractivity contribution in [1.82, 2.24) is 4.57 Å². The molecule has 0 bridgehead atoms. The van der Waals surface area contributed by atoms with E-state index in [1.807, 2.05) is 43.3 Å². The summed E-state index contributed by atoms with van der Waals surface area (Å²) in [6.07, 6.45) is 0.478. The SMILES string of the molecule is Cc1ccc(C)n1CCC(=O)Nc1ccc(N(C)C)cc1. The normalized spacial score (nSPS) is 10.5. The molecule has 0 aliphatic carbocycles. The highest BCUT2D eigenvalue weighted by Gasteiger charge is 2.06. The first kappa shape index (κ1) is 15.2. The van der Waals surface area contributed by atoms with E-state index < -0.39 is 0 Å². The second kappa shape index (κ2) is 6.48. The van der Waals surface area contributed by atoms with E-state index in [0.29, 0.717) is 13.0 Å². The molecule has 1 N–H and O–H groups in total. The van der Waals surface area contributed by atoms with Crippen LogP contribution in [0.3, 0.4) is 0 Å². The van der Waals surface area contributed by atoms with E-state index in [0.717, 1.165) is 11.4 Å². The molecule has 1 amide bonds. The zero-order valence-electron chi connectivity index (χ0n) is 13.2. The van der Waals surface area contributed by atoms with Crippen LogP contribution in [0.25, 0.3) is 0 Å². The molecule has 2 aromatic rings. The maximum atomic E-state index is 12.0. The van der Waals surface area contributed by atoms with Gasteiger partial charge in [-0.1, -0.05) is 0 Å². The molecule has 0 radical (unpaired) electrons. The number of carbonyl (C=O) groups excluding carboxylic acids is 1. The van der Waals surface area contributed by atoms with Gasteiger partial charge < -0.3 is 14.8 Å². The zero-order chi connectivity index (χ0) is 15.4. The highest BCUT2D eigenvalue weighted by molar-refractivity contribution is 5.90. The van der Waals surface area contributed by atoms with E-state index in [4.69, 9.17) is 0 Å². The number of aryl methyl sites for hydroxylation is 2. The van der Waals surface area contributed by atoms with Gasteiger partial charge in [-0.25, -0.2) is 0 Å². The molecule has 0 atom stereocenters. The third-order valence-electron chi connectivity index (χ3n) is 3.65. The van der Waals surface area contributed by atoms with Gasteiger partial charge in [-0.2, -0.15) is 0 Å². The number of hydrogen-bond acceptors (Lipinski definition) is 2. The van der Waals surface area contributed by atoms with Gasteiger partial charge in [0.25, 0.3) is 0 Å². The minimum atomic E-state index is 0.0418. The number of aromatic nitrogens is 1. The lowest BCUT2D eigenvalue weighted by Gasteiger charge is -2.13. The third-order valence-corrected chi connectivity index (χ3v) is 3.65. The number of carbonyl (C=O) groups is 1. The minimum absolute atomic E-state index is 0.0418. The summed E-state index contributed by atoms with van der Waals surface area (Å²) in [5, 5.41) is 2.94. The van der Waals surface area contributed by atoms with Crippen molar-refractivity contribution in [1.29, 1.82) is 0 Å². The Balaban J connectivity index is 1.90. The van der Waals surface area contributed by atoms with Crippen molar-refractivity contribution in [3.63, 3.8) is 0 Å². The Bertz CT molecular complexity index is 592. The summed E-state index contributed by atoms with van der Waals surface area (Å²) < 4.78 is 2.16. The van der Waals surface area contributed by atoms with Crippen LogP contribution in [0.2, 0.25) is 0 Å². The fourth-order valence-corrected chi connectivity index (χ4v) is 2.33. The molecule has 4 nitrogen and oxygen atoms in total. The van der Waals surface area contributed by atoms with Crippen LogP contribution in [0.5, 0.6) is 0 Å². The first-order chi connectivity index (χ1) is 9.97. The number of nitrogens with zero attached hydrogens (tertiary/aromatic N) is 2. The summed E-state index contributed by atoms with van der Waals surface area (Å²) >= 11 is 0. The van der Waals surface area contributed by atoms with E-state index >= 15 is 0 Å². The first-order valence-electron chi connectivity index (χ1n) is 7.17. The Kier molecular flexibility index (Phi) is 4.68. The van der Waals surface area contributed by atoms with Gasteiger partial charge in [-0.05, 0) is 50.2 Å². The number of hydrogen-bond donors (Lipinski definition) is 1. The van der Waals surface area contributed by atoms with Gasteiger partial charge in [0.05, 0.1) is 0 Å². The highest BCUT2D eigenvalue weighted by Crippen LogP contribution is 2.16. The molecule has 1 heterocycles. The molecule has 0 spiro atoms. The smallest absolute Gasteiger partial charge is 0.226 e. The Labute approximate surface area is 126 Å². The lowest BCUT2D eigenvalue weighted by atomic mass is 10.2. The Hall–Kier alpha value is -2.23. The maximum absolute atomic E-state index is 12.0. The second-order valence-corrected chi connectivity index (χ2v) is 5.51. The van der Waals surface area contributed by atoms with Gasteiger partial charge in [0.2, 0.25) is 5.91 Å². The van der Waals surface area contributed by atoms with Gasteiger partial charge >= 0.3 is 0 Å². The molecule has 1 aromatic carbocycles. The van der Waals surface area contributed by atoms with E-state index in [1.54, 1.807) is 0 Å². The van der Waals surface area contributed by atoms with Crippen molar-refractivity contribution < 1.29 is 4.79 Å². The van der Waals surface area contributed by atoms with Gasteiger partial charge in [0, 0.05) is 49.8 Å². The average molecular weight is 285 g/mol. The van der Waals surface area contributed by atoms with Crippen LogP contribution in [0.4, 0.5) is 11.4 Å². The first-order valence-corrected chi connectivity index (χ1v) is 7.17. The topological polar surface area (TPSA) is 37.3 Å². The fourth-order valence-electron chi connectivity index (χ4n) is 2.33. The maximum Gasteiger partial charge on any atom is 0.226 e. The van der Waals surface area contributed by atoms with E-state index in [9.17, 15) is 4.79 Å². The fraction of sp³-hybridized carbons (Fsp3) is 0.353. The van der Waals surface area contributed by atoms with Crippen molar-refractivity contribution in [3.05, 3.63) is 47.8 Å². The molecule has 1 aromatic heterocycles. The van der Waals surface area contributed by atoms with Crippen LogP contribution in [-0.2, 0) is 11.3 Å². The lowest BCUT2D eigenvalue weighted by molar-refractivity contribution is -0.116. The number of benzene rings is 1. The molecular formula is C17H23N3O. The predicted octanol–water partition coefficient (Wildman–Crippen LogP) is 3.20. The van der Waals surface area contributed by atoms with Gasteiger partial charge in [-0.3, -0.25) is 4.79 Å². The lowest BCUT2D eigenvalue weighted by Crippen LogP contribution is -2.15. The zero-order valence-corrected chi connectivity index (χ0v) is 13.2. The highest BCUT2D eigenvalue weighted by atomic mass is 16.1. The summed E-state index contributed by atoms with van der Waals surface area (Å²) in [6, 6.07) is 12.0. The Morgan fingerprint density at radius 1 is 1.05 bits per heavy atom. The summed E-state index contributed by atoms with van der Waals surface area (Å²) in [4.78, 5) is 14.0. The van der Waals surface area contributed by atoms with Gasteiger partial charge in [0.15, 0.2) is 0 Å². The average Bonchev–Trinajstić information content (AvgIpc) is 2.76. The molecule has 112 valence electrons. The van der Waals surface area contributed by atoms with Crippen LogP contribution in [-0.4, -0.2) is 24.6 Å². The van der Waals surface area contributed by atoms with E-state index in [1.165, 1.54) is 11.4 Å². The molecular weight excluding hydrogens is 262 g/mol. The van der Waals surface area contributed by atoms with Crippen LogP contribution in [0, 0.1) is 13.8 Å². The van der Waals surface area contributed by atoms with Gasteiger partial charge in [0.1, 0.15) is 0 Å². The number of nitrogens with one attached hydrogen (secondary N) is 1. The van der Waals surface area contributed by atoms with Crippen molar-refractivity contribution >= 4 is 17.3 Å². The summed E-state index contributed by atoms with van der Waals surface area (Å²) in [5.74, 6) is 0.0418. The molecule has 0 fully saturated rings. The molecule has 0 saturated heterocycles. The predicted molar refractivity (Wildman–Crippen MR) is 87.9 cm³/mol. The van der Waals surface area contributed by atoms with Crippen molar-refractivity contribution in [2.45, 2.75) is 26.8 Å².